The Morgan fingerprint density at radius 1 is 0.970 bits per heavy atom. The number of halogens is 1. The summed E-state index contributed by atoms with van der Waals surface area (Å²) in [5.74, 6) is 0.957. The highest BCUT2D eigenvalue weighted by atomic mass is 35.5. The van der Waals surface area contributed by atoms with Gasteiger partial charge in [0.2, 0.25) is 5.28 Å². The Hall–Kier alpha value is -2.73. The quantitative estimate of drug-likeness (QED) is 0.310. The molecular weight excluding hydrogens is 448 g/mol. The fourth-order valence-electron chi connectivity index (χ4n) is 4.29. The number of nitrogens with zero attached hydrogens (tertiary/aromatic N) is 4. The zero-order chi connectivity index (χ0) is 22.8. The molecule has 2 aromatic heterocycles. The molecule has 0 N–H and O–H groups in total. The number of benzene rings is 2. The molecule has 6 heteroatoms. The molecule has 0 saturated carbocycles. The maximum atomic E-state index is 6.34. The maximum absolute atomic E-state index is 6.34. The third-order valence-corrected chi connectivity index (χ3v) is 7.39. The van der Waals surface area contributed by atoms with Crippen molar-refractivity contribution in [1.29, 1.82) is 0 Å². The molecule has 1 aliphatic rings. The smallest absolute Gasteiger partial charge is 0.225 e. The van der Waals surface area contributed by atoms with Crippen LogP contribution in [0.2, 0.25) is 5.28 Å². The van der Waals surface area contributed by atoms with Gasteiger partial charge in [-0.1, -0.05) is 60.7 Å². The molecule has 0 atom stereocenters. The number of anilines is 1. The van der Waals surface area contributed by atoms with E-state index in [9.17, 15) is 0 Å². The van der Waals surface area contributed by atoms with Crippen LogP contribution in [0.15, 0.2) is 60.0 Å². The van der Waals surface area contributed by atoms with E-state index in [0.717, 1.165) is 48.8 Å². The van der Waals surface area contributed by atoms with Crippen molar-refractivity contribution in [3.63, 3.8) is 0 Å². The molecular formula is C27H27ClN4S. The number of thiophene rings is 1. The van der Waals surface area contributed by atoms with Crippen molar-refractivity contribution in [2.75, 3.05) is 37.6 Å². The largest absolute Gasteiger partial charge is 0.353 e. The minimum Gasteiger partial charge on any atom is -0.353 e. The predicted octanol–water partition coefficient (Wildman–Crippen LogP) is 6.46. The maximum Gasteiger partial charge on any atom is 0.225 e. The molecule has 0 spiro atoms. The number of piperazine rings is 1. The number of aromatic nitrogens is 2. The second-order valence-corrected chi connectivity index (χ2v) is 9.74. The minimum atomic E-state index is 0.319. The molecule has 0 amide bonds. The summed E-state index contributed by atoms with van der Waals surface area (Å²) in [6.07, 6.45) is 4.45. The number of aryl methyl sites for hydroxylation is 2. The summed E-state index contributed by atoms with van der Waals surface area (Å²) in [5, 5.41) is 3.62. The molecule has 0 bridgehead atoms. The van der Waals surface area contributed by atoms with Crippen LogP contribution in [0.3, 0.4) is 0 Å². The lowest BCUT2D eigenvalue weighted by atomic mass is 10.0. The number of fused-ring (bicyclic) bond motifs is 1. The zero-order valence-electron chi connectivity index (χ0n) is 19.0. The first-order valence-electron chi connectivity index (χ1n) is 11.3. The van der Waals surface area contributed by atoms with Gasteiger partial charge in [-0.3, -0.25) is 4.90 Å². The standard InChI is InChI=1S/C27H27ClN4S/c1-19-10-11-22(17-20(19)2)23-18-33-26-24(23)25(29-27(28)30-26)32-15-13-31(14-16-32)12-6-9-21-7-4-3-5-8-21/h3-11,17-18H,12-16H2,1-2H3/b9-6+. The Balaban J connectivity index is 1.36. The zero-order valence-corrected chi connectivity index (χ0v) is 20.5. The molecule has 2 aromatic carbocycles. The summed E-state index contributed by atoms with van der Waals surface area (Å²) in [6, 6.07) is 17.1. The van der Waals surface area contributed by atoms with Crippen molar-refractivity contribution in [2.24, 2.45) is 0 Å². The van der Waals surface area contributed by atoms with Crippen molar-refractivity contribution < 1.29 is 0 Å². The molecule has 4 aromatic rings. The van der Waals surface area contributed by atoms with Crippen molar-refractivity contribution >= 4 is 45.0 Å². The highest BCUT2D eigenvalue weighted by molar-refractivity contribution is 7.17. The van der Waals surface area contributed by atoms with Gasteiger partial charge in [-0.2, -0.15) is 4.98 Å². The Labute approximate surface area is 204 Å². The fraction of sp³-hybridized carbons (Fsp3) is 0.259. The van der Waals surface area contributed by atoms with Crippen LogP contribution in [-0.4, -0.2) is 47.6 Å². The summed E-state index contributed by atoms with van der Waals surface area (Å²) < 4.78 is 0. The van der Waals surface area contributed by atoms with E-state index in [1.807, 2.05) is 6.07 Å². The van der Waals surface area contributed by atoms with Gasteiger partial charge in [-0.25, -0.2) is 4.98 Å². The molecule has 3 heterocycles. The average Bonchev–Trinajstić information content (AvgIpc) is 3.25. The molecule has 0 aliphatic carbocycles. The van der Waals surface area contributed by atoms with E-state index in [-0.39, 0.29) is 0 Å². The van der Waals surface area contributed by atoms with Gasteiger partial charge >= 0.3 is 0 Å². The molecule has 33 heavy (non-hydrogen) atoms. The predicted molar refractivity (Wildman–Crippen MR) is 141 cm³/mol. The molecule has 1 saturated heterocycles. The molecule has 168 valence electrons. The van der Waals surface area contributed by atoms with Gasteiger partial charge in [0.25, 0.3) is 0 Å². The lowest BCUT2D eigenvalue weighted by Crippen LogP contribution is -2.46. The van der Waals surface area contributed by atoms with Crippen LogP contribution in [0.5, 0.6) is 0 Å². The third kappa shape index (κ3) is 4.81. The van der Waals surface area contributed by atoms with Crippen LogP contribution < -0.4 is 4.90 Å². The van der Waals surface area contributed by atoms with E-state index in [2.05, 4.69) is 88.6 Å². The number of hydrogen-bond donors (Lipinski definition) is 0. The van der Waals surface area contributed by atoms with Gasteiger partial charge in [0.15, 0.2) is 0 Å². The monoisotopic (exact) mass is 474 g/mol. The Morgan fingerprint density at radius 2 is 1.76 bits per heavy atom. The Morgan fingerprint density at radius 3 is 2.52 bits per heavy atom. The van der Waals surface area contributed by atoms with Crippen LogP contribution >= 0.6 is 22.9 Å². The molecule has 0 radical (unpaired) electrons. The molecule has 5 rings (SSSR count). The molecule has 0 unspecified atom stereocenters. The summed E-state index contributed by atoms with van der Waals surface area (Å²) >= 11 is 7.98. The molecule has 1 aliphatic heterocycles. The summed E-state index contributed by atoms with van der Waals surface area (Å²) in [5.41, 5.74) is 6.24. The first kappa shape index (κ1) is 22.1. The van der Waals surface area contributed by atoms with Gasteiger partial charge in [0.05, 0.1) is 5.39 Å². The van der Waals surface area contributed by atoms with E-state index in [4.69, 9.17) is 16.6 Å². The van der Waals surface area contributed by atoms with E-state index in [0.29, 0.717) is 5.28 Å². The lowest BCUT2D eigenvalue weighted by molar-refractivity contribution is 0.284. The van der Waals surface area contributed by atoms with Crippen LogP contribution in [0, 0.1) is 13.8 Å². The first-order chi connectivity index (χ1) is 16.1. The highest BCUT2D eigenvalue weighted by Gasteiger charge is 2.23. The van der Waals surface area contributed by atoms with Gasteiger partial charge < -0.3 is 4.90 Å². The van der Waals surface area contributed by atoms with Gasteiger partial charge in [0.1, 0.15) is 10.6 Å². The van der Waals surface area contributed by atoms with Crippen LogP contribution in [0.1, 0.15) is 16.7 Å². The second-order valence-electron chi connectivity index (χ2n) is 8.55. The van der Waals surface area contributed by atoms with E-state index >= 15 is 0 Å². The van der Waals surface area contributed by atoms with Crippen molar-refractivity contribution in [3.8, 4) is 11.1 Å². The van der Waals surface area contributed by atoms with Gasteiger partial charge in [-0.05, 0) is 47.7 Å². The number of rotatable bonds is 5. The van der Waals surface area contributed by atoms with Crippen LogP contribution in [-0.2, 0) is 0 Å². The second kappa shape index (κ2) is 9.64. The first-order valence-corrected chi connectivity index (χ1v) is 12.6. The summed E-state index contributed by atoms with van der Waals surface area (Å²) in [6.45, 7) is 9.08. The molecule has 1 fully saturated rings. The van der Waals surface area contributed by atoms with E-state index < -0.39 is 0 Å². The average molecular weight is 475 g/mol. The summed E-state index contributed by atoms with van der Waals surface area (Å²) in [7, 11) is 0. The molecule has 4 nitrogen and oxygen atoms in total. The highest BCUT2D eigenvalue weighted by Crippen LogP contribution is 2.39. The lowest BCUT2D eigenvalue weighted by Gasteiger charge is -2.35. The van der Waals surface area contributed by atoms with Crippen molar-refractivity contribution in [2.45, 2.75) is 13.8 Å². The topological polar surface area (TPSA) is 32.3 Å². The van der Waals surface area contributed by atoms with Gasteiger partial charge in [-0.15, -0.1) is 11.3 Å². The van der Waals surface area contributed by atoms with E-state index in [1.165, 1.54) is 27.8 Å². The fourth-order valence-corrected chi connectivity index (χ4v) is 5.45. The Bertz CT molecular complexity index is 1290. The number of hydrogen-bond acceptors (Lipinski definition) is 5. The van der Waals surface area contributed by atoms with Gasteiger partial charge in [0, 0.05) is 43.7 Å². The van der Waals surface area contributed by atoms with Crippen molar-refractivity contribution in [1.82, 2.24) is 14.9 Å². The summed E-state index contributed by atoms with van der Waals surface area (Å²) in [4.78, 5) is 15.0. The normalized spacial score (nSPS) is 15.1. The van der Waals surface area contributed by atoms with Crippen LogP contribution in [0.4, 0.5) is 5.82 Å². The Kier molecular flexibility index (Phi) is 6.45. The minimum absolute atomic E-state index is 0.319. The van der Waals surface area contributed by atoms with E-state index in [1.54, 1.807) is 11.3 Å². The van der Waals surface area contributed by atoms with Crippen LogP contribution in [0.25, 0.3) is 27.4 Å². The third-order valence-electron chi connectivity index (χ3n) is 6.35. The SMILES string of the molecule is Cc1ccc(-c2csc3nc(Cl)nc(N4CCN(C/C=C/c5ccccc5)CC4)c23)cc1C. The van der Waals surface area contributed by atoms with Crippen molar-refractivity contribution in [3.05, 3.63) is 82.0 Å².